The van der Waals surface area contributed by atoms with E-state index in [1.165, 1.54) is 0 Å². The largest absolute Gasteiger partial charge is 0.417 e. The van der Waals surface area contributed by atoms with Crippen LogP contribution in [0.4, 0.5) is 0 Å². The van der Waals surface area contributed by atoms with Crippen molar-refractivity contribution in [3.63, 3.8) is 0 Å². The molecule has 1 heterocycles. The molecule has 5 heteroatoms. The number of fused-ring (bicyclic) bond motifs is 1. The lowest BCUT2D eigenvalue weighted by atomic mass is 9.84. The van der Waals surface area contributed by atoms with E-state index in [9.17, 15) is 4.79 Å². The Morgan fingerprint density at radius 1 is 1.53 bits per heavy atom. The molecule has 2 aromatic rings. The van der Waals surface area contributed by atoms with Gasteiger partial charge in [-0.2, -0.15) is 5.26 Å². The summed E-state index contributed by atoms with van der Waals surface area (Å²) in [5.41, 5.74) is 2.15. The second kappa shape index (κ2) is 4.90. The Morgan fingerprint density at radius 2 is 2.26 bits per heavy atom. The molecular weight excluding hydrogens is 242 g/mol. The van der Waals surface area contributed by atoms with Gasteiger partial charge in [-0.05, 0) is 24.6 Å². The normalized spacial score (nSPS) is 13.4. The van der Waals surface area contributed by atoms with E-state index in [0.717, 1.165) is 5.56 Å². The molecule has 1 atom stereocenters. The molecule has 0 amide bonds. The number of nitriles is 1. The highest BCUT2D eigenvalue weighted by atomic mass is 16.4. The van der Waals surface area contributed by atoms with E-state index < -0.39 is 5.76 Å². The third kappa shape index (κ3) is 2.85. The Morgan fingerprint density at radius 3 is 2.95 bits per heavy atom. The minimum atomic E-state index is -0.443. The van der Waals surface area contributed by atoms with Crippen molar-refractivity contribution in [3.8, 4) is 6.07 Å². The Bertz CT molecular complexity index is 676. The van der Waals surface area contributed by atoms with Crippen LogP contribution in [0.5, 0.6) is 0 Å². The van der Waals surface area contributed by atoms with Gasteiger partial charge in [0, 0.05) is 12.0 Å². The minimum Gasteiger partial charge on any atom is -0.408 e. The van der Waals surface area contributed by atoms with E-state index in [1.807, 2.05) is 25.1 Å². The summed E-state index contributed by atoms with van der Waals surface area (Å²) in [4.78, 5) is 13.7. The molecule has 0 spiro atoms. The molecule has 100 valence electrons. The van der Waals surface area contributed by atoms with Crippen LogP contribution in [0.25, 0.3) is 11.1 Å². The van der Waals surface area contributed by atoms with Gasteiger partial charge in [-0.25, -0.2) is 4.79 Å². The summed E-state index contributed by atoms with van der Waals surface area (Å²) < 4.78 is 5.07. The molecule has 0 bridgehead atoms. The SMILES string of the molecule is CC(C#N)NCC(C)(C)c1ccc2[nH]c(=O)oc2c1. The molecule has 1 aromatic carbocycles. The first-order chi connectivity index (χ1) is 8.92. The van der Waals surface area contributed by atoms with E-state index in [4.69, 9.17) is 9.68 Å². The Hall–Kier alpha value is -2.06. The molecule has 19 heavy (non-hydrogen) atoms. The number of aromatic nitrogens is 1. The van der Waals surface area contributed by atoms with Crippen molar-refractivity contribution in [2.45, 2.75) is 32.2 Å². The zero-order valence-corrected chi connectivity index (χ0v) is 11.3. The zero-order chi connectivity index (χ0) is 14.0. The van der Waals surface area contributed by atoms with E-state index in [0.29, 0.717) is 17.6 Å². The summed E-state index contributed by atoms with van der Waals surface area (Å²) in [6, 6.07) is 7.63. The standard InChI is InChI=1S/C14H17N3O2/c1-9(7-15)16-8-14(2,3)10-4-5-11-12(6-10)19-13(18)17-11/h4-6,9,16H,8H2,1-3H3,(H,17,18). The number of hydrogen-bond acceptors (Lipinski definition) is 4. The van der Waals surface area contributed by atoms with Crippen LogP contribution < -0.4 is 11.1 Å². The number of benzene rings is 1. The van der Waals surface area contributed by atoms with Gasteiger partial charge < -0.3 is 9.73 Å². The molecule has 0 saturated heterocycles. The van der Waals surface area contributed by atoms with E-state index >= 15 is 0 Å². The molecule has 0 aliphatic heterocycles. The van der Waals surface area contributed by atoms with E-state index in [2.05, 4.69) is 30.2 Å². The summed E-state index contributed by atoms with van der Waals surface area (Å²) in [6.07, 6.45) is 0. The second-order valence-corrected chi connectivity index (χ2v) is 5.34. The zero-order valence-electron chi connectivity index (χ0n) is 11.3. The second-order valence-electron chi connectivity index (χ2n) is 5.34. The number of H-pyrrole nitrogens is 1. The lowest BCUT2D eigenvalue weighted by molar-refractivity contribution is 0.456. The molecule has 0 aliphatic carbocycles. The smallest absolute Gasteiger partial charge is 0.408 e. The van der Waals surface area contributed by atoms with Gasteiger partial charge in [-0.15, -0.1) is 0 Å². The number of nitrogens with zero attached hydrogens (tertiary/aromatic N) is 1. The Labute approximate surface area is 111 Å². The van der Waals surface area contributed by atoms with Crippen molar-refractivity contribution in [1.29, 1.82) is 5.26 Å². The van der Waals surface area contributed by atoms with E-state index in [1.54, 1.807) is 0 Å². The molecule has 0 fully saturated rings. The molecule has 2 rings (SSSR count). The van der Waals surface area contributed by atoms with Crippen molar-refractivity contribution in [2.24, 2.45) is 0 Å². The third-order valence-electron chi connectivity index (χ3n) is 3.25. The highest BCUT2D eigenvalue weighted by Crippen LogP contribution is 2.25. The highest BCUT2D eigenvalue weighted by molar-refractivity contribution is 5.73. The summed E-state index contributed by atoms with van der Waals surface area (Å²) in [5, 5.41) is 11.9. The average Bonchev–Trinajstić information content (AvgIpc) is 2.74. The van der Waals surface area contributed by atoms with E-state index in [-0.39, 0.29) is 11.5 Å². The van der Waals surface area contributed by atoms with Gasteiger partial charge in [0.05, 0.1) is 17.6 Å². The predicted octanol–water partition coefficient (Wildman–Crippen LogP) is 1.90. The molecule has 0 aliphatic rings. The average molecular weight is 259 g/mol. The fraction of sp³-hybridized carbons (Fsp3) is 0.429. The van der Waals surface area contributed by atoms with Gasteiger partial charge >= 0.3 is 5.76 Å². The highest BCUT2D eigenvalue weighted by Gasteiger charge is 2.22. The van der Waals surface area contributed by atoms with Crippen molar-refractivity contribution < 1.29 is 4.42 Å². The van der Waals surface area contributed by atoms with Crippen LogP contribution in [0.3, 0.4) is 0 Å². The molecule has 0 saturated carbocycles. The molecule has 1 aromatic heterocycles. The Balaban J connectivity index is 2.26. The Kier molecular flexibility index (Phi) is 3.45. The van der Waals surface area contributed by atoms with Crippen LogP contribution >= 0.6 is 0 Å². The first-order valence-electron chi connectivity index (χ1n) is 6.19. The van der Waals surface area contributed by atoms with Crippen molar-refractivity contribution >= 4 is 11.1 Å². The van der Waals surface area contributed by atoms with Gasteiger partial charge in [-0.1, -0.05) is 19.9 Å². The van der Waals surface area contributed by atoms with Crippen molar-refractivity contribution in [3.05, 3.63) is 34.3 Å². The lowest BCUT2D eigenvalue weighted by Gasteiger charge is -2.26. The molecule has 1 unspecified atom stereocenters. The van der Waals surface area contributed by atoms with Gasteiger partial charge in [0.25, 0.3) is 0 Å². The van der Waals surface area contributed by atoms with Crippen LogP contribution in [0.1, 0.15) is 26.3 Å². The van der Waals surface area contributed by atoms with Crippen LogP contribution in [0.15, 0.2) is 27.4 Å². The molecular formula is C14H17N3O2. The fourth-order valence-electron chi connectivity index (χ4n) is 1.92. The van der Waals surface area contributed by atoms with Crippen molar-refractivity contribution in [2.75, 3.05) is 6.54 Å². The molecule has 0 radical (unpaired) electrons. The van der Waals surface area contributed by atoms with Crippen LogP contribution in [-0.4, -0.2) is 17.6 Å². The number of aromatic amines is 1. The number of rotatable bonds is 4. The first-order valence-corrected chi connectivity index (χ1v) is 6.19. The van der Waals surface area contributed by atoms with Crippen LogP contribution in [0, 0.1) is 11.3 Å². The van der Waals surface area contributed by atoms with Crippen LogP contribution in [0.2, 0.25) is 0 Å². The maximum Gasteiger partial charge on any atom is 0.417 e. The summed E-state index contributed by atoms with van der Waals surface area (Å²) in [7, 11) is 0. The van der Waals surface area contributed by atoms with Crippen molar-refractivity contribution in [1.82, 2.24) is 10.3 Å². The number of oxazole rings is 1. The van der Waals surface area contributed by atoms with Gasteiger partial charge in [0.2, 0.25) is 0 Å². The third-order valence-corrected chi connectivity index (χ3v) is 3.25. The topological polar surface area (TPSA) is 81.8 Å². The first kappa shape index (κ1) is 13.4. The summed E-state index contributed by atoms with van der Waals surface area (Å²) in [5.74, 6) is -0.443. The minimum absolute atomic E-state index is 0.158. The molecule has 2 N–H and O–H groups in total. The maximum atomic E-state index is 11.1. The van der Waals surface area contributed by atoms with Gasteiger partial charge in [0.15, 0.2) is 5.58 Å². The van der Waals surface area contributed by atoms with Gasteiger partial charge in [-0.3, -0.25) is 4.98 Å². The quantitative estimate of drug-likeness (QED) is 0.878. The summed E-state index contributed by atoms with van der Waals surface area (Å²) in [6.45, 7) is 6.65. The van der Waals surface area contributed by atoms with Gasteiger partial charge in [0.1, 0.15) is 0 Å². The summed E-state index contributed by atoms with van der Waals surface area (Å²) >= 11 is 0. The predicted molar refractivity (Wildman–Crippen MR) is 72.9 cm³/mol. The molecule has 5 nitrogen and oxygen atoms in total. The maximum absolute atomic E-state index is 11.1. The number of hydrogen-bond donors (Lipinski definition) is 2. The number of nitrogens with one attached hydrogen (secondary N) is 2. The van der Waals surface area contributed by atoms with Crippen LogP contribution in [-0.2, 0) is 5.41 Å². The monoisotopic (exact) mass is 259 g/mol. The lowest BCUT2D eigenvalue weighted by Crippen LogP contribution is -2.37. The fourth-order valence-corrected chi connectivity index (χ4v) is 1.92.